The number of hydrogen-bond acceptors (Lipinski definition) is 0. The van der Waals surface area contributed by atoms with Crippen LogP contribution in [0.25, 0.3) is 0 Å². The molecule has 0 aromatic carbocycles. The zero-order valence-electron chi connectivity index (χ0n) is 7.61. The van der Waals surface area contributed by atoms with Crippen molar-refractivity contribution in [3.8, 4) is 0 Å². The number of halogens is 1. The van der Waals surface area contributed by atoms with Crippen LogP contribution in [-0.2, 0) is 0 Å². The van der Waals surface area contributed by atoms with E-state index in [2.05, 4.69) is 0 Å². The number of hydrogen-bond donors (Lipinski definition) is 0. The van der Waals surface area contributed by atoms with E-state index in [9.17, 15) is 4.39 Å². The molecule has 0 heterocycles. The molecule has 0 unspecified atom stereocenters. The summed E-state index contributed by atoms with van der Waals surface area (Å²) in [4.78, 5) is 0. The molecule has 0 aromatic heterocycles. The fraction of sp³-hybridized carbons (Fsp3) is 0.400. The van der Waals surface area contributed by atoms with Gasteiger partial charge in [0.15, 0.2) is 0 Å². The normalized spacial score (nSPS) is 12.3. The first-order valence-corrected chi connectivity index (χ1v) is 3.72. The van der Waals surface area contributed by atoms with Crippen molar-refractivity contribution in [2.24, 2.45) is 0 Å². The maximum Gasteiger partial charge on any atom is 0.126 e. The van der Waals surface area contributed by atoms with Gasteiger partial charge in [0, 0.05) is 0 Å². The molecule has 0 aliphatic carbocycles. The van der Waals surface area contributed by atoms with E-state index in [1.807, 2.05) is 20.8 Å². The molecule has 0 saturated carbocycles. The third kappa shape index (κ3) is 3.76. The molecule has 0 bridgehead atoms. The minimum atomic E-state index is -0.150. The van der Waals surface area contributed by atoms with Crippen molar-refractivity contribution < 1.29 is 4.39 Å². The Labute approximate surface area is 68.1 Å². The van der Waals surface area contributed by atoms with Gasteiger partial charge < -0.3 is 0 Å². The lowest BCUT2D eigenvalue weighted by atomic mass is 10.1. The van der Waals surface area contributed by atoms with Gasteiger partial charge in [-0.15, -0.1) is 0 Å². The van der Waals surface area contributed by atoms with Gasteiger partial charge in [-0.1, -0.05) is 17.7 Å². The molecule has 0 radical (unpaired) electrons. The van der Waals surface area contributed by atoms with Gasteiger partial charge in [0.25, 0.3) is 0 Å². The predicted octanol–water partition coefficient (Wildman–Crippen LogP) is 3.77. The lowest BCUT2D eigenvalue weighted by molar-refractivity contribution is 0.649. The third-order valence-electron chi connectivity index (χ3n) is 1.54. The van der Waals surface area contributed by atoms with Crippen molar-refractivity contribution in [1.82, 2.24) is 0 Å². The maximum atomic E-state index is 13.0. The molecule has 0 amide bonds. The van der Waals surface area contributed by atoms with E-state index in [0.29, 0.717) is 0 Å². The summed E-state index contributed by atoms with van der Waals surface area (Å²) in [7, 11) is 0. The van der Waals surface area contributed by atoms with Gasteiger partial charge in [-0.25, -0.2) is 4.39 Å². The summed E-state index contributed by atoms with van der Waals surface area (Å²) in [5, 5.41) is 0. The molecule has 0 N–H and O–H groups in total. The molecule has 0 spiro atoms. The highest BCUT2D eigenvalue weighted by atomic mass is 19.1. The first-order valence-electron chi connectivity index (χ1n) is 3.72. The standard InChI is InChI=1S/C10H15F/c1-5-6-7-10(11)9(4)8(2)3/h5-7H,1-4H3/b6-5-,10-7+. The van der Waals surface area contributed by atoms with Crippen LogP contribution >= 0.6 is 0 Å². The fourth-order valence-electron chi connectivity index (χ4n) is 0.545. The van der Waals surface area contributed by atoms with E-state index < -0.39 is 0 Å². The molecule has 1 heteroatoms. The lowest BCUT2D eigenvalue weighted by Gasteiger charge is -1.97. The van der Waals surface area contributed by atoms with Crippen molar-refractivity contribution in [3.63, 3.8) is 0 Å². The summed E-state index contributed by atoms with van der Waals surface area (Å²) in [6, 6.07) is 0. The molecule has 0 rings (SSSR count). The molecule has 62 valence electrons. The molecule has 0 saturated heterocycles. The topological polar surface area (TPSA) is 0 Å². The van der Waals surface area contributed by atoms with Gasteiger partial charge in [0.05, 0.1) is 0 Å². The highest BCUT2D eigenvalue weighted by Crippen LogP contribution is 2.14. The monoisotopic (exact) mass is 154 g/mol. The van der Waals surface area contributed by atoms with E-state index in [-0.39, 0.29) is 5.83 Å². The van der Waals surface area contributed by atoms with Gasteiger partial charge in [0.1, 0.15) is 5.83 Å². The Balaban J connectivity index is 4.49. The maximum absolute atomic E-state index is 13.0. The van der Waals surface area contributed by atoms with Gasteiger partial charge in [0.2, 0.25) is 0 Å². The Morgan fingerprint density at radius 3 is 2.09 bits per heavy atom. The van der Waals surface area contributed by atoms with Crippen LogP contribution in [-0.4, -0.2) is 0 Å². The van der Waals surface area contributed by atoms with Crippen LogP contribution < -0.4 is 0 Å². The predicted molar refractivity (Wildman–Crippen MR) is 48.1 cm³/mol. The second-order valence-electron chi connectivity index (χ2n) is 2.67. The van der Waals surface area contributed by atoms with Crippen LogP contribution in [0, 0.1) is 0 Å². The second kappa shape index (κ2) is 4.89. The molecular weight excluding hydrogens is 139 g/mol. The summed E-state index contributed by atoms with van der Waals surface area (Å²) in [5.41, 5.74) is 1.74. The van der Waals surface area contributed by atoms with Crippen LogP contribution in [0.2, 0.25) is 0 Å². The minimum absolute atomic E-state index is 0.150. The molecule has 0 nitrogen and oxygen atoms in total. The Bertz CT molecular complexity index is 203. The van der Waals surface area contributed by atoms with E-state index in [4.69, 9.17) is 0 Å². The van der Waals surface area contributed by atoms with Gasteiger partial charge in [-0.05, 0) is 39.3 Å². The number of allylic oxidation sites excluding steroid dienone is 6. The average Bonchev–Trinajstić information content (AvgIpc) is 1.98. The first kappa shape index (κ1) is 10.2. The Hall–Kier alpha value is -0.850. The van der Waals surface area contributed by atoms with Crippen molar-refractivity contribution in [2.75, 3.05) is 0 Å². The van der Waals surface area contributed by atoms with E-state index >= 15 is 0 Å². The SMILES string of the molecule is C/C=C\C=C(\F)C(C)=C(C)C. The summed E-state index contributed by atoms with van der Waals surface area (Å²) in [5.74, 6) is -0.150. The van der Waals surface area contributed by atoms with E-state index in [1.165, 1.54) is 6.08 Å². The smallest absolute Gasteiger partial charge is 0.126 e. The third-order valence-corrected chi connectivity index (χ3v) is 1.54. The summed E-state index contributed by atoms with van der Waals surface area (Å²) in [6.45, 7) is 7.45. The molecular formula is C10H15F. The van der Waals surface area contributed by atoms with Crippen LogP contribution in [0.5, 0.6) is 0 Å². The number of rotatable bonds is 2. The van der Waals surface area contributed by atoms with Crippen molar-refractivity contribution >= 4 is 0 Å². The van der Waals surface area contributed by atoms with Crippen LogP contribution in [0.15, 0.2) is 35.2 Å². The quantitative estimate of drug-likeness (QED) is 0.531. The van der Waals surface area contributed by atoms with Gasteiger partial charge in [-0.3, -0.25) is 0 Å². The van der Waals surface area contributed by atoms with E-state index in [0.717, 1.165) is 11.1 Å². The zero-order chi connectivity index (χ0) is 8.85. The van der Waals surface area contributed by atoms with Gasteiger partial charge in [-0.2, -0.15) is 0 Å². The van der Waals surface area contributed by atoms with E-state index in [1.54, 1.807) is 19.1 Å². The first-order chi connectivity index (χ1) is 5.09. The van der Waals surface area contributed by atoms with Crippen molar-refractivity contribution in [1.29, 1.82) is 0 Å². The largest absolute Gasteiger partial charge is 0.207 e. The fourth-order valence-corrected chi connectivity index (χ4v) is 0.545. The van der Waals surface area contributed by atoms with Crippen LogP contribution in [0.3, 0.4) is 0 Å². The molecule has 0 aliphatic heterocycles. The highest BCUT2D eigenvalue weighted by Gasteiger charge is 1.96. The summed E-state index contributed by atoms with van der Waals surface area (Å²) in [6.07, 6.45) is 4.97. The van der Waals surface area contributed by atoms with Gasteiger partial charge >= 0.3 is 0 Å². The van der Waals surface area contributed by atoms with Crippen LogP contribution in [0.1, 0.15) is 27.7 Å². The Morgan fingerprint density at radius 2 is 1.73 bits per heavy atom. The summed E-state index contributed by atoms with van der Waals surface area (Å²) >= 11 is 0. The molecule has 0 fully saturated rings. The second-order valence-corrected chi connectivity index (χ2v) is 2.67. The molecule has 0 atom stereocenters. The Morgan fingerprint density at radius 1 is 1.18 bits per heavy atom. The molecule has 0 aromatic rings. The molecule has 0 aliphatic rings. The van der Waals surface area contributed by atoms with Crippen LogP contribution in [0.4, 0.5) is 4.39 Å². The minimum Gasteiger partial charge on any atom is -0.207 e. The van der Waals surface area contributed by atoms with Crippen molar-refractivity contribution in [2.45, 2.75) is 27.7 Å². The van der Waals surface area contributed by atoms with Crippen molar-refractivity contribution in [3.05, 3.63) is 35.2 Å². The highest BCUT2D eigenvalue weighted by molar-refractivity contribution is 5.29. The Kier molecular flexibility index (Phi) is 4.51. The molecule has 11 heavy (non-hydrogen) atoms. The zero-order valence-corrected chi connectivity index (χ0v) is 7.61. The average molecular weight is 154 g/mol. The summed E-state index contributed by atoms with van der Waals surface area (Å²) < 4.78 is 13.0. The lowest BCUT2D eigenvalue weighted by Crippen LogP contribution is -1.79.